The number of benzene rings is 2. The average molecular weight is 525 g/mol. The molecule has 1 aliphatic carbocycles. The first-order valence-corrected chi connectivity index (χ1v) is 13.8. The molecule has 9 heteroatoms. The van der Waals surface area contributed by atoms with Crippen molar-refractivity contribution in [1.82, 2.24) is 9.55 Å². The van der Waals surface area contributed by atoms with Gasteiger partial charge in [0, 0.05) is 33.8 Å². The number of methoxy groups -OCH3 is 1. The van der Waals surface area contributed by atoms with E-state index in [0.717, 1.165) is 30.2 Å². The largest absolute Gasteiger partial charge is 0.481 e. The highest BCUT2D eigenvalue weighted by Crippen LogP contribution is 2.41. The molecule has 192 valence electrons. The summed E-state index contributed by atoms with van der Waals surface area (Å²) >= 11 is 0. The molecule has 6 nitrogen and oxygen atoms in total. The van der Waals surface area contributed by atoms with Crippen molar-refractivity contribution in [2.24, 2.45) is 0 Å². The Balaban J connectivity index is 1.82. The van der Waals surface area contributed by atoms with Crippen LogP contribution in [0.1, 0.15) is 41.4 Å². The molecule has 0 atom stereocenters. The number of Topliss-reactive ketones (excluding diaryl/α,β-unsaturated/α-hetero) is 1. The Kier molecular flexibility index (Phi) is 6.58. The van der Waals surface area contributed by atoms with Crippen LogP contribution < -0.4 is 4.74 Å². The molecule has 0 saturated heterocycles. The van der Waals surface area contributed by atoms with Crippen LogP contribution >= 0.6 is 0 Å². The third kappa shape index (κ3) is 4.75. The molecule has 0 spiro atoms. The van der Waals surface area contributed by atoms with Crippen LogP contribution in [0.3, 0.4) is 0 Å². The Morgan fingerprint density at radius 1 is 1.14 bits per heavy atom. The number of aryl methyl sites for hydroxylation is 1. The standard InChI is InChI=1S/C28H26F2N2O4S/c1-3-17-6-11-24-22(13-17)26(21-5-4-12-31-28(21)36-2)27(25(33)16-37(34,35)20-8-9-20)32(24)15-18-14-19(29)7-10-23(18)30/h4-7,10-14,20H,3,8-9,15-16H2,1-2H3. The number of ketones is 1. The molecular weight excluding hydrogens is 498 g/mol. The molecular formula is C28H26F2N2O4S. The third-order valence-corrected chi connectivity index (χ3v) is 8.89. The van der Waals surface area contributed by atoms with Crippen molar-refractivity contribution in [3.8, 4) is 17.0 Å². The van der Waals surface area contributed by atoms with Crippen molar-refractivity contribution >= 4 is 26.5 Å². The maximum atomic E-state index is 14.7. The minimum atomic E-state index is -3.65. The first kappa shape index (κ1) is 25.1. The lowest BCUT2D eigenvalue weighted by Crippen LogP contribution is -2.23. The Bertz CT molecular complexity index is 1620. The van der Waals surface area contributed by atoms with Crippen molar-refractivity contribution in [2.75, 3.05) is 12.9 Å². The molecule has 0 aliphatic heterocycles. The Labute approximate surface area is 213 Å². The molecule has 2 heterocycles. The number of hydrogen-bond donors (Lipinski definition) is 0. The van der Waals surface area contributed by atoms with E-state index in [-0.39, 0.29) is 23.7 Å². The van der Waals surface area contributed by atoms with E-state index in [1.165, 1.54) is 7.11 Å². The highest BCUT2D eigenvalue weighted by Gasteiger charge is 2.38. The molecule has 1 saturated carbocycles. The second kappa shape index (κ2) is 9.70. The van der Waals surface area contributed by atoms with E-state index in [1.807, 2.05) is 25.1 Å². The Morgan fingerprint density at radius 2 is 1.92 bits per heavy atom. The first-order valence-electron chi connectivity index (χ1n) is 12.1. The van der Waals surface area contributed by atoms with Crippen LogP contribution in [0.25, 0.3) is 22.0 Å². The number of rotatable bonds is 9. The molecule has 1 fully saturated rings. The minimum Gasteiger partial charge on any atom is -0.481 e. The number of ether oxygens (including phenoxy) is 1. The predicted octanol–water partition coefficient (Wildman–Crippen LogP) is 5.36. The third-order valence-electron chi connectivity index (χ3n) is 6.73. The quantitative estimate of drug-likeness (QED) is 0.276. The number of halogens is 2. The molecule has 0 N–H and O–H groups in total. The summed E-state index contributed by atoms with van der Waals surface area (Å²) in [6.07, 6.45) is 3.36. The highest BCUT2D eigenvalue weighted by atomic mass is 32.2. The SMILES string of the molecule is CCc1ccc2c(c1)c(-c1cccnc1OC)c(C(=O)CS(=O)(=O)C1CC1)n2Cc1cc(F)ccc1F. The molecule has 0 bridgehead atoms. The fraction of sp³-hybridized carbons (Fsp3) is 0.286. The van der Waals surface area contributed by atoms with E-state index in [1.54, 1.807) is 22.9 Å². The van der Waals surface area contributed by atoms with E-state index >= 15 is 0 Å². The van der Waals surface area contributed by atoms with Crippen LogP contribution in [0.2, 0.25) is 0 Å². The zero-order valence-electron chi connectivity index (χ0n) is 20.5. The zero-order valence-corrected chi connectivity index (χ0v) is 21.3. The predicted molar refractivity (Wildman–Crippen MR) is 138 cm³/mol. The number of fused-ring (bicyclic) bond motifs is 1. The van der Waals surface area contributed by atoms with Gasteiger partial charge in [-0.25, -0.2) is 22.2 Å². The second-order valence-electron chi connectivity index (χ2n) is 9.24. The fourth-order valence-electron chi connectivity index (χ4n) is 4.72. The molecule has 0 amide bonds. The summed E-state index contributed by atoms with van der Waals surface area (Å²) in [5.41, 5.74) is 2.70. The number of aromatic nitrogens is 2. The van der Waals surface area contributed by atoms with Gasteiger partial charge in [0.2, 0.25) is 5.88 Å². The van der Waals surface area contributed by atoms with Gasteiger partial charge in [-0.3, -0.25) is 4.79 Å². The van der Waals surface area contributed by atoms with Gasteiger partial charge < -0.3 is 9.30 Å². The summed E-state index contributed by atoms with van der Waals surface area (Å²) in [4.78, 5) is 18.1. The van der Waals surface area contributed by atoms with Crippen molar-refractivity contribution in [3.63, 3.8) is 0 Å². The van der Waals surface area contributed by atoms with E-state index in [2.05, 4.69) is 4.98 Å². The number of nitrogens with zero attached hydrogens (tertiary/aromatic N) is 2. The Morgan fingerprint density at radius 3 is 2.62 bits per heavy atom. The van der Waals surface area contributed by atoms with E-state index in [4.69, 9.17) is 4.74 Å². The number of hydrogen-bond acceptors (Lipinski definition) is 5. The number of pyridine rings is 1. The van der Waals surface area contributed by atoms with E-state index in [0.29, 0.717) is 34.9 Å². The van der Waals surface area contributed by atoms with Crippen molar-refractivity contribution in [3.05, 3.63) is 83.2 Å². The van der Waals surface area contributed by atoms with Crippen LogP contribution in [-0.4, -0.2) is 41.9 Å². The van der Waals surface area contributed by atoms with Gasteiger partial charge in [-0.15, -0.1) is 0 Å². The van der Waals surface area contributed by atoms with Crippen LogP contribution in [0, 0.1) is 11.6 Å². The first-order chi connectivity index (χ1) is 17.7. The lowest BCUT2D eigenvalue weighted by molar-refractivity contribution is 0.101. The molecule has 4 aromatic rings. The molecule has 2 aromatic carbocycles. The number of carbonyl (C=O) groups excluding carboxylic acids is 1. The summed E-state index contributed by atoms with van der Waals surface area (Å²) in [7, 11) is -2.19. The molecule has 37 heavy (non-hydrogen) atoms. The molecule has 5 rings (SSSR count). The normalized spacial score (nSPS) is 13.7. The maximum Gasteiger partial charge on any atom is 0.221 e. The van der Waals surface area contributed by atoms with Gasteiger partial charge in [0.25, 0.3) is 0 Å². The highest BCUT2D eigenvalue weighted by molar-refractivity contribution is 7.93. The lowest BCUT2D eigenvalue weighted by Gasteiger charge is -2.14. The van der Waals surface area contributed by atoms with Gasteiger partial charge in [0.1, 0.15) is 17.4 Å². The molecule has 0 radical (unpaired) electrons. The second-order valence-corrected chi connectivity index (χ2v) is 11.5. The summed E-state index contributed by atoms with van der Waals surface area (Å²) in [6.45, 7) is 1.83. The van der Waals surface area contributed by atoms with Gasteiger partial charge >= 0.3 is 0 Å². The van der Waals surface area contributed by atoms with Gasteiger partial charge in [-0.1, -0.05) is 13.0 Å². The summed E-state index contributed by atoms with van der Waals surface area (Å²) in [6, 6.07) is 12.3. The number of sulfone groups is 1. The van der Waals surface area contributed by atoms with Crippen molar-refractivity contribution in [1.29, 1.82) is 0 Å². The monoisotopic (exact) mass is 524 g/mol. The van der Waals surface area contributed by atoms with Crippen LogP contribution in [0.5, 0.6) is 5.88 Å². The topological polar surface area (TPSA) is 78.3 Å². The molecule has 2 aromatic heterocycles. The lowest BCUT2D eigenvalue weighted by atomic mass is 9.99. The summed E-state index contributed by atoms with van der Waals surface area (Å²) in [5.74, 6) is -2.26. The average Bonchev–Trinajstić information content (AvgIpc) is 3.70. The van der Waals surface area contributed by atoms with Gasteiger partial charge in [0.05, 0.1) is 24.6 Å². The van der Waals surface area contributed by atoms with Crippen LogP contribution in [0.4, 0.5) is 8.78 Å². The van der Waals surface area contributed by atoms with Crippen LogP contribution in [0.15, 0.2) is 54.7 Å². The van der Waals surface area contributed by atoms with Crippen molar-refractivity contribution in [2.45, 2.75) is 38.0 Å². The van der Waals surface area contributed by atoms with Crippen molar-refractivity contribution < 1.29 is 26.7 Å². The minimum absolute atomic E-state index is 0.0419. The van der Waals surface area contributed by atoms with Gasteiger partial charge in [-0.05, 0) is 67.3 Å². The van der Waals surface area contributed by atoms with Gasteiger partial charge in [0.15, 0.2) is 15.6 Å². The smallest absolute Gasteiger partial charge is 0.221 e. The fourth-order valence-corrected chi connectivity index (χ4v) is 6.32. The Hall–Kier alpha value is -3.59. The molecule has 0 unspecified atom stereocenters. The van der Waals surface area contributed by atoms with Gasteiger partial charge in [-0.2, -0.15) is 0 Å². The maximum absolute atomic E-state index is 14.7. The number of carbonyl (C=O) groups is 1. The van der Waals surface area contributed by atoms with E-state index < -0.39 is 38.3 Å². The zero-order chi connectivity index (χ0) is 26.3. The summed E-state index contributed by atoms with van der Waals surface area (Å²) < 4.78 is 61.6. The molecule has 1 aliphatic rings. The summed E-state index contributed by atoms with van der Waals surface area (Å²) in [5, 5.41) is 0.160. The van der Waals surface area contributed by atoms with Crippen LogP contribution in [-0.2, 0) is 22.8 Å². The van der Waals surface area contributed by atoms with E-state index in [9.17, 15) is 22.0 Å².